The third kappa shape index (κ3) is 4.19. The van der Waals surface area contributed by atoms with Crippen molar-refractivity contribution in [3.63, 3.8) is 0 Å². The van der Waals surface area contributed by atoms with E-state index in [0.717, 1.165) is 36.6 Å². The molecule has 1 N–H and O–H groups in total. The van der Waals surface area contributed by atoms with Crippen molar-refractivity contribution in [2.24, 2.45) is 0 Å². The minimum Gasteiger partial charge on any atom is -0.494 e. The van der Waals surface area contributed by atoms with E-state index in [1.807, 2.05) is 19.1 Å². The minimum absolute atomic E-state index is 0.0223. The molecule has 0 aromatic heterocycles. The molecule has 2 aliphatic rings. The topological polar surface area (TPSA) is 60.0 Å². The maximum atomic E-state index is 12.2. The van der Waals surface area contributed by atoms with Gasteiger partial charge in [-0.05, 0) is 26.0 Å². The van der Waals surface area contributed by atoms with Crippen LogP contribution in [0.15, 0.2) is 12.1 Å². The number of morpholine rings is 1. The molecule has 2 heterocycles. The maximum Gasteiger partial charge on any atom is 0.234 e. The standard InChI is InChI=1S/C18H26N2O4/c1-3-23-16-9-14-8-13(2)24-17(14)10-15(16)11-19-18(21)12-20-4-6-22-7-5-20/h9-10,13H,3-8,11-12H2,1-2H3,(H,19,21)/t13-/m0/s1. The van der Waals surface area contributed by atoms with E-state index in [9.17, 15) is 4.79 Å². The molecule has 0 saturated carbocycles. The molecule has 0 bridgehead atoms. The van der Waals surface area contributed by atoms with Gasteiger partial charge in [0.1, 0.15) is 17.6 Å². The van der Waals surface area contributed by atoms with E-state index in [1.165, 1.54) is 5.56 Å². The Hall–Kier alpha value is -1.79. The average Bonchev–Trinajstić information content (AvgIpc) is 2.93. The molecule has 6 nitrogen and oxygen atoms in total. The summed E-state index contributed by atoms with van der Waals surface area (Å²) in [7, 11) is 0. The van der Waals surface area contributed by atoms with Gasteiger partial charge < -0.3 is 19.5 Å². The fourth-order valence-corrected chi connectivity index (χ4v) is 3.12. The summed E-state index contributed by atoms with van der Waals surface area (Å²) in [6.07, 6.45) is 1.10. The SMILES string of the molecule is CCOc1cc2c(cc1CNC(=O)CN1CCOCC1)O[C@@H](C)C2. The third-order valence-electron chi connectivity index (χ3n) is 4.33. The first-order chi connectivity index (χ1) is 11.7. The highest BCUT2D eigenvalue weighted by atomic mass is 16.5. The molecule has 1 aromatic carbocycles. The molecular formula is C18H26N2O4. The lowest BCUT2D eigenvalue weighted by Crippen LogP contribution is -2.43. The Morgan fingerprint density at radius 1 is 1.38 bits per heavy atom. The van der Waals surface area contributed by atoms with Gasteiger partial charge in [-0.25, -0.2) is 0 Å². The summed E-state index contributed by atoms with van der Waals surface area (Å²) < 4.78 is 16.9. The summed E-state index contributed by atoms with van der Waals surface area (Å²) in [4.78, 5) is 14.3. The number of benzene rings is 1. The molecule has 1 fully saturated rings. The zero-order valence-corrected chi connectivity index (χ0v) is 14.5. The van der Waals surface area contributed by atoms with Crippen LogP contribution >= 0.6 is 0 Å². The van der Waals surface area contributed by atoms with Crippen LogP contribution in [-0.4, -0.2) is 56.4 Å². The molecule has 1 aromatic rings. The molecule has 132 valence electrons. The highest BCUT2D eigenvalue weighted by molar-refractivity contribution is 5.78. The van der Waals surface area contributed by atoms with Gasteiger partial charge in [0.15, 0.2) is 0 Å². The summed E-state index contributed by atoms with van der Waals surface area (Å²) >= 11 is 0. The Balaban J connectivity index is 1.61. The molecule has 1 atom stereocenters. The summed E-state index contributed by atoms with van der Waals surface area (Å²) in [5.74, 6) is 1.76. The van der Waals surface area contributed by atoms with Crippen molar-refractivity contribution in [3.05, 3.63) is 23.3 Å². The second kappa shape index (κ2) is 7.85. The summed E-state index contributed by atoms with van der Waals surface area (Å²) in [5.41, 5.74) is 2.13. The first-order valence-electron chi connectivity index (χ1n) is 8.67. The molecule has 6 heteroatoms. The molecule has 3 rings (SSSR count). The van der Waals surface area contributed by atoms with Crippen LogP contribution in [0.1, 0.15) is 25.0 Å². The smallest absolute Gasteiger partial charge is 0.234 e. The summed E-state index contributed by atoms with van der Waals surface area (Å²) in [6.45, 7) is 8.49. The Kier molecular flexibility index (Phi) is 5.58. The van der Waals surface area contributed by atoms with Crippen LogP contribution in [0.25, 0.3) is 0 Å². The molecule has 24 heavy (non-hydrogen) atoms. The van der Waals surface area contributed by atoms with Crippen molar-refractivity contribution in [1.82, 2.24) is 10.2 Å². The predicted octanol–water partition coefficient (Wildman–Crippen LogP) is 1.36. The number of amides is 1. The van der Waals surface area contributed by atoms with Gasteiger partial charge in [-0.3, -0.25) is 9.69 Å². The van der Waals surface area contributed by atoms with Crippen molar-refractivity contribution >= 4 is 5.91 Å². The van der Waals surface area contributed by atoms with Crippen molar-refractivity contribution in [1.29, 1.82) is 0 Å². The average molecular weight is 334 g/mol. The molecular weight excluding hydrogens is 308 g/mol. The second-order valence-corrected chi connectivity index (χ2v) is 6.30. The first kappa shape index (κ1) is 17.0. The predicted molar refractivity (Wildman–Crippen MR) is 90.5 cm³/mol. The highest BCUT2D eigenvalue weighted by Gasteiger charge is 2.22. The van der Waals surface area contributed by atoms with E-state index >= 15 is 0 Å². The zero-order valence-electron chi connectivity index (χ0n) is 14.5. The number of carbonyl (C=O) groups is 1. The number of hydrogen-bond acceptors (Lipinski definition) is 5. The number of nitrogens with one attached hydrogen (secondary N) is 1. The number of rotatable bonds is 6. The van der Waals surface area contributed by atoms with Crippen LogP contribution in [-0.2, 0) is 22.5 Å². The molecule has 0 spiro atoms. The molecule has 0 radical (unpaired) electrons. The summed E-state index contributed by atoms with van der Waals surface area (Å²) in [5, 5.41) is 2.99. The van der Waals surface area contributed by atoms with E-state index in [4.69, 9.17) is 14.2 Å². The number of ether oxygens (including phenoxy) is 3. The van der Waals surface area contributed by atoms with Crippen molar-refractivity contribution in [2.45, 2.75) is 32.9 Å². The van der Waals surface area contributed by atoms with Gasteiger partial charge in [0.25, 0.3) is 0 Å². The van der Waals surface area contributed by atoms with E-state index < -0.39 is 0 Å². The monoisotopic (exact) mass is 334 g/mol. The van der Waals surface area contributed by atoms with Crippen molar-refractivity contribution in [3.8, 4) is 11.5 Å². The molecule has 1 saturated heterocycles. The molecule has 1 amide bonds. The van der Waals surface area contributed by atoms with Gasteiger partial charge in [-0.15, -0.1) is 0 Å². The Morgan fingerprint density at radius 3 is 2.92 bits per heavy atom. The molecule has 2 aliphatic heterocycles. The van der Waals surface area contributed by atoms with Gasteiger partial charge in [0.05, 0.1) is 26.4 Å². The van der Waals surface area contributed by atoms with Crippen LogP contribution in [0.5, 0.6) is 11.5 Å². The zero-order chi connectivity index (χ0) is 16.9. The van der Waals surface area contributed by atoms with Crippen LogP contribution < -0.4 is 14.8 Å². The Bertz CT molecular complexity index is 585. The number of carbonyl (C=O) groups excluding carboxylic acids is 1. The minimum atomic E-state index is 0.0223. The van der Waals surface area contributed by atoms with Crippen LogP contribution in [0.4, 0.5) is 0 Å². The number of fused-ring (bicyclic) bond motifs is 1. The van der Waals surface area contributed by atoms with Crippen LogP contribution in [0.3, 0.4) is 0 Å². The fourth-order valence-electron chi connectivity index (χ4n) is 3.12. The lowest BCUT2D eigenvalue weighted by Gasteiger charge is -2.25. The van der Waals surface area contributed by atoms with Gasteiger partial charge >= 0.3 is 0 Å². The van der Waals surface area contributed by atoms with Crippen LogP contribution in [0, 0.1) is 0 Å². The fraction of sp³-hybridized carbons (Fsp3) is 0.611. The van der Waals surface area contributed by atoms with Gasteiger partial charge in [0, 0.05) is 37.2 Å². The van der Waals surface area contributed by atoms with Crippen molar-refractivity contribution in [2.75, 3.05) is 39.5 Å². The lowest BCUT2D eigenvalue weighted by atomic mass is 10.1. The quantitative estimate of drug-likeness (QED) is 0.851. The lowest BCUT2D eigenvalue weighted by molar-refractivity contribution is -0.123. The number of hydrogen-bond donors (Lipinski definition) is 1. The van der Waals surface area contributed by atoms with Gasteiger partial charge in [-0.2, -0.15) is 0 Å². The number of nitrogens with zero attached hydrogens (tertiary/aromatic N) is 1. The van der Waals surface area contributed by atoms with Crippen molar-refractivity contribution < 1.29 is 19.0 Å². The largest absolute Gasteiger partial charge is 0.494 e. The van der Waals surface area contributed by atoms with Gasteiger partial charge in [0.2, 0.25) is 5.91 Å². The van der Waals surface area contributed by atoms with Crippen LogP contribution in [0.2, 0.25) is 0 Å². The van der Waals surface area contributed by atoms with E-state index in [2.05, 4.69) is 17.1 Å². The highest BCUT2D eigenvalue weighted by Crippen LogP contribution is 2.35. The summed E-state index contributed by atoms with van der Waals surface area (Å²) in [6, 6.07) is 4.05. The van der Waals surface area contributed by atoms with E-state index in [0.29, 0.717) is 32.9 Å². The third-order valence-corrected chi connectivity index (χ3v) is 4.33. The van der Waals surface area contributed by atoms with E-state index in [-0.39, 0.29) is 12.0 Å². The van der Waals surface area contributed by atoms with Gasteiger partial charge in [-0.1, -0.05) is 0 Å². The second-order valence-electron chi connectivity index (χ2n) is 6.30. The maximum absolute atomic E-state index is 12.2. The Morgan fingerprint density at radius 2 is 2.17 bits per heavy atom. The Labute approximate surface area is 143 Å². The van der Waals surface area contributed by atoms with E-state index in [1.54, 1.807) is 0 Å². The molecule has 0 aliphatic carbocycles. The normalized spacial score (nSPS) is 20.3. The molecule has 0 unspecified atom stereocenters. The first-order valence-corrected chi connectivity index (χ1v) is 8.67.